The summed E-state index contributed by atoms with van der Waals surface area (Å²) in [6.45, 7) is 0. The maximum absolute atomic E-state index is 12.6. The molecule has 2 fully saturated rings. The fourth-order valence-corrected chi connectivity index (χ4v) is 3.52. The monoisotopic (exact) mass is 292 g/mol. The van der Waals surface area contributed by atoms with Gasteiger partial charge in [0.15, 0.2) is 0 Å². The van der Waals surface area contributed by atoms with Crippen molar-refractivity contribution in [1.82, 2.24) is 0 Å². The summed E-state index contributed by atoms with van der Waals surface area (Å²) in [5, 5.41) is 0. The van der Waals surface area contributed by atoms with Gasteiger partial charge in [0.25, 0.3) is 0 Å². The van der Waals surface area contributed by atoms with Crippen LogP contribution in [0.1, 0.15) is 35.8 Å². The molecule has 0 bridgehead atoms. The highest BCUT2D eigenvalue weighted by atomic mass is 16.1. The smallest absolute Gasteiger partial charge is 0.140 e. The molecule has 2 saturated carbocycles. The summed E-state index contributed by atoms with van der Waals surface area (Å²) in [5.74, 6) is 1.69. The van der Waals surface area contributed by atoms with Crippen LogP contribution in [0.5, 0.6) is 0 Å². The van der Waals surface area contributed by atoms with Gasteiger partial charge in [0.05, 0.1) is 0 Å². The quantitative estimate of drug-likeness (QED) is 0.849. The van der Waals surface area contributed by atoms with E-state index in [1.807, 2.05) is 24.3 Å². The lowest BCUT2D eigenvalue weighted by molar-refractivity contribution is -0.121. The van der Waals surface area contributed by atoms with Gasteiger partial charge in [0.2, 0.25) is 0 Å². The summed E-state index contributed by atoms with van der Waals surface area (Å²) in [5.41, 5.74) is 15.5. The standard InChI is InChI=1S/C19H20N2O/c20-13-5-1-11(2-6-13)15-9-17(15)19(22)18-10-16(18)12-3-7-14(21)8-4-12/h1-8,15-18H,9-10,20-21H2. The van der Waals surface area contributed by atoms with Gasteiger partial charge in [-0.3, -0.25) is 4.79 Å². The highest BCUT2D eigenvalue weighted by molar-refractivity contribution is 5.90. The van der Waals surface area contributed by atoms with Crippen molar-refractivity contribution in [3.63, 3.8) is 0 Å². The van der Waals surface area contributed by atoms with E-state index in [1.165, 1.54) is 11.1 Å². The highest BCUT2D eigenvalue weighted by Crippen LogP contribution is 2.56. The molecule has 112 valence electrons. The van der Waals surface area contributed by atoms with Crippen molar-refractivity contribution in [2.75, 3.05) is 11.5 Å². The first-order valence-electron chi connectivity index (χ1n) is 7.88. The fourth-order valence-electron chi connectivity index (χ4n) is 3.52. The number of hydrogen-bond donors (Lipinski definition) is 2. The first-order valence-corrected chi connectivity index (χ1v) is 7.88. The van der Waals surface area contributed by atoms with E-state index in [4.69, 9.17) is 11.5 Å². The molecule has 3 heteroatoms. The van der Waals surface area contributed by atoms with Gasteiger partial charge in [-0.25, -0.2) is 0 Å². The lowest BCUT2D eigenvalue weighted by Gasteiger charge is -2.03. The summed E-state index contributed by atoms with van der Waals surface area (Å²) in [6.07, 6.45) is 1.99. The summed E-state index contributed by atoms with van der Waals surface area (Å²) >= 11 is 0. The first-order chi connectivity index (χ1) is 10.6. The van der Waals surface area contributed by atoms with Crippen molar-refractivity contribution in [1.29, 1.82) is 0 Å². The van der Waals surface area contributed by atoms with Crippen LogP contribution >= 0.6 is 0 Å². The molecule has 0 aromatic heterocycles. The Bertz CT molecular complexity index is 644. The number of hydrogen-bond acceptors (Lipinski definition) is 3. The predicted octanol–water partition coefficient (Wildman–Crippen LogP) is 3.33. The Morgan fingerprint density at radius 3 is 1.45 bits per heavy atom. The van der Waals surface area contributed by atoms with Crippen molar-refractivity contribution < 1.29 is 4.79 Å². The van der Waals surface area contributed by atoms with E-state index in [-0.39, 0.29) is 11.8 Å². The van der Waals surface area contributed by atoms with Crippen molar-refractivity contribution in [3.05, 3.63) is 59.7 Å². The minimum Gasteiger partial charge on any atom is -0.399 e. The molecule has 4 unspecified atom stereocenters. The molecule has 0 spiro atoms. The molecular formula is C19H20N2O. The third-order valence-electron chi connectivity index (χ3n) is 5.04. The summed E-state index contributed by atoms with van der Waals surface area (Å²) < 4.78 is 0. The normalized spacial score (nSPS) is 29.1. The van der Waals surface area contributed by atoms with Gasteiger partial charge in [-0.2, -0.15) is 0 Å². The summed E-state index contributed by atoms with van der Waals surface area (Å²) in [4.78, 5) is 12.6. The van der Waals surface area contributed by atoms with E-state index in [0.717, 1.165) is 24.2 Å². The van der Waals surface area contributed by atoms with Gasteiger partial charge >= 0.3 is 0 Å². The van der Waals surface area contributed by atoms with E-state index in [9.17, 15) is 4.79 Å². The molecule has 2 aromatic rings. The van der Waals surface area contributed by atoms with Gasteiger partial charge in [-0.15, -0.1) is 0 Å². The topological polar surface area (TPSA) is 69.1 Å². The minimum absolute atomic E-state index is 0.215. The predicted molar refractivity (Wildman–Crippen MR) is 88.4 cm³/mol. The molecule has 4 N–H and O–H groups in total. The van der Waals surface area contributed by atoms with Crippen molar-refractivity contribution >= 4 is 17.2 Å². The zero-order chi connectivity index (χ0) is 15.3. The largest absolute Gasteiger partial charge is 0.399 e. The summed E-state index contributed by atoms with van der Waals surface area (Å²) in [7, 11) is 0. The van der Waals surface area contributed by atoms with Crippen LogP contribution in [-0.2, 0) is 4.79 Å². The average Bonchev–Trinajstić information content (AvgIpc) is 3.41. The maximum atomic E-state index is 12.6. The zero-order valence-electron chi connectivity index (χ0n) is 12.4. The lowest BCUT2D eigenvalue weighted by atomic mass is 10.0. The number of carbonyl (C=O) groups is 1. The molecule has 0 amide bonds. The second kappa shape index (κ2) is 4.87. The van der Waals surface area contributed by atoms with Crippen molar-refractivity contribution in [3.8, 4) is 0 Å². The molecule has 2 aliphatic carbocycles. The van der Waals surface area contributed by atoms with E-state index in [2.05, 4.69) is 24.3 Å². The Balaban J connectivity index is 1.40. The molecule has 0 saturated heterocycles. The van der Waals surface area contributed by atoms with Gasteiger partial charge in [-0.1, -0.05) is 24.3 Å². The van der Waals surface area contributed by atoms with Gasteiger partial charge < -0.3 is 11.5 Å². The molecule has 2 aromatic carbocycles. The zero-order valence-corrected chi connectivity index (χ0v) is 12.4. The first kappa shape index (κ1) is 13.4. The molecule has 3 nitrogen and oxygen atoms in total. The average molecular weight is 292 g/mol. The Morgan fingerprint density at radius 2 is 1.09 bits per heavy atom. The SMILES string of the molecule is Nc1ccc(C2CC2C(=O)C2CC2c2ccc(N)cc2)cc1. The van der Waals surface area contributed by atoms with Gasteiger partial charge in [0.1, 0.15) is 5.78 Å². The fraction of sp³-hybridized carbons (Fsp3) is 0.316. The van der Waals surface area contributed by atoms with Crippen molar-refractivity contribution in [2.45, 2.75) is 24.7 Å². The van der Waals surface area contributed by atoms with Crippen LogP contribution in [0.3, 0.4) is 0 Å². The number of anilines is 2. The molecule has 2 aliphatic rings. The Hall–Kier alpha value is -2.29. The number of Topliss-reactive ketones (excluding diaryl/α,β-unsaturated/α-hetero) is 1. The molecule has 0 radical (unpaired) electrons. The highest BCUT2D eigenvalue weighted by Gasteiger charge is 2.53. The molecule has 4 atom stereocenters. The molecular weight excluding hydrogens is 272 g/mol. The number of nitrogen functional groups attached to an aromatic ring is 2. The van der Waals surface area contributed by atoms with Gasteiger partial charge in [-0.05, 0) is 60.1 Å². The number of benzene rings is 2. The number of rotatable bonds is 4. The number of ketones is 1. The van der Waals surface area contributed by atoms with E-state index in [1.54, 1.807) is 0 Å². The van der Waals surface area contributed by atoms with E-state index in [0.29, 0.717) is 17.6 Å². The second-order valence-corrected chi connectivity index (χ2v) is 6.63. The Morgan fingerprint density at radius 1 is 0.727 bits per heavy atom. The van der Waals surface area contributed by atoms with Crippen LogP contribution < -0.4 is 11.5 Å². The Kier molecular flexibility index (Phi) is 2.96. The third-order valence-corrected chi connectivity index (χ3v) is 5.04. The molecule has 0 aliphatic heterocycles. The van der Waals surface area contributed by atoms with Crippen LogP contribution in [0.25, 0.3) is 0 Å². The number of carbonyl (C=O) groups excluding carboxylic acids is 1. The number of nitrogens with two attached hydrogens (primary N) is 2. The van der Waals surface area contributed by atoms with Crippen LogP contribution in [0.15, 0.2) is 48.5 Å². The van der Waals surface area contributed by atoms with E-state index >= 15 is 0 Å². The molecule has 4 rings (SSSR count). The van der Waals surface area contributed by atoms with E-state index < -0.39 is 0 Å². The summed E-state index contributed by atoms with van der Waals surface area (Å²) in [6, 6.07) is 15.9. The molecule has 0 heterocycles. The van der Waals surface area contributed by atoms with Gasteiger partial charge in [0, 0.05) is 23.2 Å². The second-order valence-electron chi connectivity index (χ2n) is 6.63. The Labute approximate surface area is 130 Å². The van der Waals surface area contributed by atoms with Crippen LogP contribution in [0.4, 0.5) is 11.4 Å². The maximum Gasteiger partial charge on any atom is 0.140 e. The van der Waals surface area contributed by atoms with Crippen LogP contribution in [0, 0.1) is 11.8 Å². The van der Waals surface area contributed by atoms with Crippen molar-refractivity contribution in [2.24, 2.45) is 11.8 Å². The minimum atomic E-state index is 0.215. The molecule has 22 heavy (non-hydrogen) atoms. The third kappa shape index (κ3) is 2.37. The lowest BCUT2D eigenvalue weighted by Crippen LogP contribution is -2.06. The van der Waals surface area contributed by atoms with Crippen LogP contribution in [0.2, 0.25) is 0 Å². The van der Waals surface area contributed by atoms with Crippen LogP contribution in [-0.4, -0.2) is 5.78 Å².